The highest BCUT2D eigenvalue weighted by atomic mass is 32.2. The zero-order valence-corrected chi connectivity index (χ0v) is 17.2. The smallest absolute Gasteiger partial charge is 0.251 e. The summed E-state index contributed by atoms with van der Waals surface area (Å²) in [5, 5.41) is 9.14. The first-order chi connectivity index (χ1) is 13.8. The SMILES string of the molecule is C[C@@H]1CCc2[nH]c3ccc(C(=O)NCc4ccc(CS(N)(=O)=O)cc4)cc3c2C1. The third kappa shape index (κ3) is 4.52. The van der Waals surface area contributed by atoms with Gasteiger partial charge in [0.2, 0.25) is 10.0 Å². The van der Waals surface area contributed by atoms with Gasteiger partial charge in [0.25, 0.3) is 5.91 Å². The summed E-state index contributed by atoms with van der Waals surface area (Å²) in [4.78, 5) is 16.2. The fraction of sp³-hybridized carbons (Fsp3) is 0.318. The Morgan fingerprint density at radius 1 is 1.17 bits per heavy atom. The Kier molecular flexibility index (Phi) is 5.19. The standard InChI is InChI=1S/C22H25N3O3S/c1-14-2-8-20-18(10-14)19-11-17(7-9-21(19)25-20)22(26)24-12-15-3-5-16(6-4-15)13-29(23,27)28/h3-7,9,11,14,25H,2,8,10,12-13H2,1H3,(H,24,26)(H2,23,27,28)/t14-/m1/s1. The number of carbonyl (C=O) groups excluding carboxylic acids is 1. The lowest BCUT2D eigenvalue weighted by atomic mass is 9.87. The molecule has 3 aromatic rings. The highest BCUT2D eigenvalue weighted by molar-refractivity contribution is 7.88. The second kappa shape index (κ2) is 7.65. The molecule has 0 aliphatic heterocycles. The van der Waals surface area contributed by atoms with E-state index in [1.54, 1.807) is 24.3 Å². The molecule has 1 aliphatic rings. The summed E-state index contributed by atoms with van der Waals surface area (Å²) in [5.41, 5.74) is 5.90. The number of H-pyrrole nitrogens is 1. The monoisotopic (exact) mass is 411 g/mol. The Hall–Kier alpha value is -2.64. The number of aromatic amines is 1. The zero-order valence-electron chi connectivity index (χ0n) is 16.4. The molecular formula is C22H25N3O3S. The molecule has 0 bridgehead atoms. The molecule has 0 saturated carbocycles. The van der Waals surface area contributed by atoms with Crippen molar-refractivity contribution in [3.63, 3.8) is 0 Å². The Labute approximate surface area is 170 Å². The van der Waals surface area contributed by atoms with E-state index in [4.69, 9.17) is 5.14 Å². The van der Waals surface area contributed by atoms with Crippen LogP contribution in [0, 0.1) is 5.92 Å². The van der Waals surface area contributed by atoms with Crippen LogP contribution in [0.2, 0.25) is 0 Å². The van der Waals surface area contributed by atoms with Gasteiger partial charge < -0.3 is 10.3 Å². The maximum absolute atomic E-state index is 12.7. The number of carbonyl (C=O) groups is 1. The minimum Gasteiger partial charge on any atom is -0.358 e. The molecule has 1 heterocycles. The quantitative estimate of drug-likeness (QED) is 0.601. The van der Waals surface area contributed by atoms with E-state index < -0.39 is 10.0 Å². The number of hydrogen-bond donors (Lipinski definition) is 3. The largest absolute Gasteiger partial charge is 0.358 e. The number of sulfonamides is 1. The first kappa shape index (κ1) is 19.7. The Morgan fingerprint density at radius 2 is 1.90 bits per heavy atom. The molecule has 1 amide bonds. The molecule has 0 spiro atoms. The van der Waals surface area contributed by atoms with Crippen molar-refractivity contribution < 1.29 is 13.2 Å². The Balaban J connectivity index is 1.46. The van der Waals surface area contributed by atoms with Gasteiger partial charge in [0, 0.05) is 28.7 Å². The van der Waals surface area contributed by atoms with E-state index in [0.29, 0.717) is 23.6 Å². The van der Waals surface area contributed by atoms with Crippen LogP contribution in [0.15, 0.2) is 42.5 Å². The number of aromatic nitrogens is 1. The van der Waals surface area contributed by atoms with E-state index >= 15 is 0 Å². The van der Waals surface area contributed by atoms with E-state index in [1.165, 1.54) is 17.7 Å². The molecule has 4 rings (SSSR count). The number of benzene rings is 2. The van der Waals surface area contributed by atoms with Gasteiger partial charge in [-0.3, -0.25) is 4.79 Å². The molecule has 152 valence electrons. The average molecular weight is 412 g/mol. The second-order valence-corrected chi connectivity index (χ2v) is 9.61. The topological polar surface area (TPSA) is 105 Å². The van der Waals surface area contributed by atoms with Crippen molar-refractivity contribution in [1.82, 2.24) is 10.3 Å². The summed E-state index contributed by atoms with van der Waals surface area (Å²) in [6.07, 6.45) is 3.31. The second-order valence-electron chi connectivity index (χ2n) is 8.00. The molecule has 2 aromatic carbocycles. The number of aryl methyl sites for hydroxylation is 1. The Morgan fingerprint density at radius 3 is 2.62 bits per heavy atom. The zero-order chi connectivity index (χ0) is 20.6. The molecule has 0 saturated heterocycles. The molecule has 0 unspecified atom stereocenters. The maximum Gasteiger partial charge on any atom is 0.251 e. The molecule has 0 radical (unpaired) electrons. The highest BCUT2D eigenvalue weighted by Gasteiger charge is 2.20. The molecule has 6 nitrogen and oxygen atoms in total. The van der Waals surface area contributed by atoms with Crippen LogP contribution in [0.4, 0.5) is 0 Å². The maximum atomic E-state index is 12.7. The minimum absolute atomic E-state index is 0.126. The van der Waals surface area contributed by atoms with Gasteiger partial charge in [-0.1, -0.05) is 31.2 Å². The van der Waals surface area contributed by atoms with Crippen molar-refractivity contribution in [2.75, 3.05) is 0 Å². The molecule has 7 heteroatoms. The number of fused-ring (bicyclic) bond motifs is 3. The van der Waals surface area contributed by atoms with Gasteiger partial charge in [0.1, 0.15) is 0 Å². The molecule has 0 fully saturated rings. The molecular weight excluding hydrogens is 386 g/mol. The average Bonchev–Trinajstić information content (AvgIpc) is 3.03. The number of hydrogen-bond acceptors (Lipinski definition) is 3. The van der Waals surface area contributed by atoms with Crippen molar-refractivity contribution in [3.8, 4) is 0 Å². The van der Waals surface area contributed by atoms with Crippen LogP contribution in [0.1, 0.15) is 46.1 Å². The van der Waals surface area contributed by atoms with Gasteiger partial charge in [-0.25, -0.2) is 13.6 Å². The molecule has 1 atom stereocenters. The van der Waals surface area contributed by atoms with Crippen LogP contribution in [0.25, 0.3) is 10.9 Å². The summed E-state index contributed by atoms with van der Waals surface area (Å²) in [6, 6.07) is 12.8. The van der Waals surface area contributed by atoms with Gasteiger partial charge in [0.15, 0.2) is 0 Å². The van der Waals surface area contributed by atoms with Crippen LogP contribution in [0.3, 0.4) is 0 Å². The summed E-state index contributed by atoms with van der Waals surface area (Å²) < 4.78 is 22.3. The van der Waals surface area contributed by atoms with Crippen LogP contribution in [-0.2, 0) is 35.2 Å². The summed E-state index contributed by atoms with van der Waals surface area (Å²) in [6.45, 7) is 2.64. The third-order valence-corrected chi connectivity index (χ3v) is 6.28. The van der Waals surface area contributed by atoms with Gasteiger partial charge in [-0.2, -0.15) is 0 Å². The number of amides is 1. The van der Waals surface area contributed by atoms with E-state index in [-0.39, 0.29) is 11.7 Å². The number of rotatable bonds is 5. The van der Waals surface area contributed by atoms with Crippen molar-refractivity contribution >= 4 is 26.8 Å². The van der Waals surface area contributed by atoms with Crippen molar-refractivity contribution in [1.29, 1.82) is 0 Å². The van der Waals surface area contributed by atoms with Crippen LogP contribution in [0.5, 0.6) is 0 Å². The fourth-order valence-corrected chi connectivity index (χ4v) is 4.66. The first-order valence-corrected chi connectivity index (χ1v) is 11.5. The predicted octanol–water partition coefficient (Wildman–Crippen LogP) is 3.01. The van der Waals surface area contributed by atoms with Crippen LogP contribution in [-0.4, -0.2) is 19.3 Å². The highest BCUT2D eigenvalue weighted by Crippen LogP contribution is 2.32. The van der Waals surface area contributed by atoms with E-state index in [1.807, 2.05) is 18.2 Å². The van der Waals surface area contributed by atoms with Crippen LogP contribution >= 0.6 is 0 Å². The van der Waals surface area contributed by atoms with Gasteiger partial charge >= 0.3 is 0 Å². The number of primary sulfonamides is 1. The lowest BCUT2D eigenvalue weighted by molar-refractivity contribution is 0.0951. The Bertz CT molecular complexity index is 1160. The third-order valence-electron chi connectivity index (χ3n) is 5.54. The molecule has 1 aliphatic carbocycles. The van der Waals surface area contributed by atoms with Crippen molar-refractivity contribution in [3.05, 3.63) is 70.4 Å². The summed E-state index contributed by atoms with van der Waals surface area (Å²) in [7, 11) is -3.55. The normalized spacial score (nSPS) is 16.6. The lowest BCUT2D eigenvalue weighted by Gasteiger charge is -2.18. The lowest BCUT2D eigenvalue weighted by Crippen LogP contribution is -2.22. The van der Waals surface area contributed by atoms with E-state index in [9.17, 15) is 13.2 Å². The first-order valence-electron chi connectivity index (χ1n) is 9.78. The number of nitrogens with two attached hydrogens (primary N) is 1. The number of nitrogens with one attached hydrogen (secondary N) is 2. The van der Waals surface area contributed by atoms with Gasteiger partial charge in [-0.05, 0) is 60.1 Å². The fourth-order valence-electron chi connectivity index (χ4n) is 4.00. The minimum atomic E-state index is -3.55. The summed E-state index contributed by atoms with van der Waals surface area (Å²) in [5.74, 6) is 0.342. The molecule has 29 heavy (non-hydrogen) atoms. The molecule has 4 N–H and O–H groups in total. The van der Waals surface area contributed by atoms with E-state index in [0.717, 1.165) is 29.3 Å². The molecule has 1 aromatic heterocycles. The predicted molar refractivity (Wildman–Crippen MR) is 114 cm³/mol. The van der Waals surface area contributed by atoms with Gasteiger partial charge in [0.05, 0.1) is 5.75 Å². The van der Waals surface area contributed by atoms with Crippen molar-refractivity contribution in [2.24, 2.45) is 11.1 Å². The van der Waals surface area contributed by atoms with Gasteiger partial charge in [-0.15, -0.1) is 0 Å². The van der Waals surface area contributed by atoms with E-state index in [2.05, 4.69) is 17.2 Å². The summed E-state index contributed by atoms with van der Waals surface area (Å²) >= 11 is 0. The van der Waals surface area contributed by atoms with Crippen molar-refractivity contribution in [2.45, 2.75) is 38.5 Å². The van der Waals surface area contributed by atoms with Crippen LogP contribution < -0.4 is 10.5 Å².